The molecular weight excluding hydrogens is 498 g/mol. The van der Waals surface area contributed by atoms with Gasteiger partial charge in [-0.15, -0.1) is 0 Å². The minimum absolute atomic E-state index is 0.0352. The molecule has 3 aromatic rings. The van der Waals surface area contributed by atoms with Gasteiger partial charge in [-0.3, -0.25) is 15.1 Å². The van der Waals surface area contributed by atoms with Crippen LogP contribution in [0, 0.1) is 10.8 Å². The van der Waals surface area contributed by atoms with Crippen LogP contribution in [0.2, 0.25) is 0 Å². The summed E-state index contributed by atoms with van der Waals surface area (Å²) in [5.74, 6) is -0.171. The molecule has 0 spiro atoms. The summed E-state index contributed by atoms with van der Waals surface area (Å²) in [4.78, 5) is 18.3. The Morgan fingerprint density at radius 3 is 2.23 bits per heavy atom. The average Bonchev–Trinajstić information content (AvgIpc) is 2.92. The van der Waals surface area contributed by atoms with Crippen LogP contribution in [0.4, 0.5) is 11.4 Å². The molecule has 40 heavy (non-hydrogen) atoms. The number of nitrogens with one attached hydrogen (secondary N) is 2. The lowest BCUT2D eigenvalue weighted by atomic mass is 9.85. The van der Waals surface area contributed by atoms with E-state index in [1.54, 1.807) is 18.2 Å². The van der Waals surface area contributed by atoms with Gasteiger partial charge in [0.05, 0.1) is 31.0 Å². The van der Waals surface area contributed by atoms with Crippen molar-refractivity contribution in [2.24, 2.45) is 5.41 Å². The summed E-state index contributed by atoms with van der Waals surface area (Å²) in [6.45, 7) is 12.3. The Balaban J connectivity index is 1.28. The van der Waals surface area contributed by atoms with E-state index in [1.165, 1.54) is 0 Å². The third-order valence-electron chi connectivity index (χ3n) is 7.88. The summed E-state index contributed by atoms with van der Waals surface area (Å²) in [7, 11) is 0. The molecule has 0 radical (unpaired) electrons. The van der Waals surface area contributed by atoms with E-state index in [9.17, 15) is 4.79 Å². The van der Waals surface area contributed by atoms with Crippen molar-refractivity contribution < 1.29 is 9.53 Å². The maximum Gasteiger partial charge on any atom is 0.251 e. The first kappa shape index (κ1) is 27.9. The van der Waals surface area contributed by atoms with Gasteiger partial charge in [0.15, 0.2) is 0 Å². The second kappa shape index (κ2) is 11.8. The van der Waals surface area contributed by atoms with Crippen LogP contribution in [-0.4, -0.2) is 62.0 Å². The van der Waals surface area contributed by atoms with Crippen molar-refractivity contribution >= 4 is 23.0 Å². The van der Waals surface area contributed by atoms with Gasteiger partial charge in [0.25, 0.3) is 5.91 Å². The zero-order valence-corrected chi connectivity index (χ0v) is 23.8. The third kappa shape index (κ3) is 6.54. The van der Waals surface area contributed by atoms with E-state index in [-0.39, 0.29) is 17.4 Å². The van der Waals surface area contributed by atoms with Crippen molar-refractivity contribution in [1.29, 1.82) is 5.41 Å². The first-order valence-corrected chi connectivity index (χ1v) is 14.2. The smallest absolute Gasteiger partial charge is 0.251 e. The number of carbonyl (C=O) groups excluding carboxylic acids is 1. The van der Waals surface area contributed by atoms with E-state index >= 15 is 0 Å². The van der Waals surface area contributed by atoms with Crippen molar-refractivity contribution in [2.75, 3.05) is 50.0 Å². The summed E-state index contributed by atoms with van der Waals surface area (Å²) < 4.78 is 5.35. The molecule has 5 rings (SSSR count). The van der Waals surface area contributed by atoms with E-state index in [0.29, 0.717) is 28.6 Å². The second-order valence-electron chi connectivity index (χ2n) is 12.1. The SMILES string of the molecule is CC(C)(C)C[C@H](NC(=O)c1ccc(N)c(C(=N)c2ccc(N3CCN(C4COC4)CC3)cc2)c1)c1ccccc1. The molecule has 4 N–H and O–H groups in total. The highest BCUT2D eigenvalue weighted by molar-refractivity contribution is 6.15. The first-order chi connectivity index (χ1) is 19.2. The molecule has 0 saturated carbocycles. The van der Waals surface area contributed by atoms with Gasteiger partial charge in [-0.05, 0) is 47.7 Å². The van der Waals surface area contributed by atoms with Crippen molar-refractivity contribution in [1.82, 2.24) is 10.2 Å². The van der Waals surface area contributed by atoms with Gasteiger partial charge < -0.3 is 20.7 Å². The number of rotatable bonds is 8. The Labute approximate surface area is 237 Å². The Hall–Kier alpha value is -3.68. The minimum Gasteiger partial charge on any atom is -0.398 e. The van der Waals surface area contributed by atoms with Crippen LogP contribution in [0.15, 0.2) is 72.8 Å². The van der Waals surface area contributed by atoms with E-state index in [2.05, 4.69) is 48.0 Å². The number of piperazine rings is 1. The lowest BCUT2D eigenvalue weighted by Gasteiger charge is -2.43. The van der Waals surface area contributed by atoms with Crippen LogP contribution in [-0.2, 0) is 4.74 Å². The molecule has 2 saturated heterocycles. The van der Waals surface area contributed by atoms with E-state index in [4.69, 9.17) is 15.9 Å². The normalized spacial score (nSPS) is 17.2. The second-order valence-corrected chi connectivity index (χ2v) is 12.1. The highest BCUT2D eigenvalue weighted by Crippen LogP contribution is 2.30. The van der Waals surface area contributed by atoms with Gasteiger partial charge in [0.2, 0.25) is 0 Å². The fourth-order valence-electron chi connectivity index (χ4n) is 5.48. The van der Waals surface area contributed by atoms with Crippen LogP contribution in [0.1, 0.15) is 60.3 Å². The lowest BCUT2D eigenvalue weighted by molar-refractivity contribution is -0.0660. The molecule has 210 valence electrons. The van der Waals surface area contributed by atoms with Crippen LogP contribution in [0.3, 0.4) is 0 Å². The number of nitrogen functional groups attached to an aromatic ring is 1. The van der Waals surface area contributed by atoms with Gasteiger partial charge >= 0.3 is 0 Å². The van der Waals surface area contributed by atoms with Gasteiger partial charge in [0, 0.05) is 54.2 Å². The summed E-state index contributed by atoms with van der Waals surface area (Å²) >= 11 is 0. The molecule has 0 unspecified atom stereocenters. The van der Waals surface area contributed by atoms with Gasteiger partial charge in [-0.2, -0.15) is 0 Å². The Morgan fingerprint density at radius 2 is 1.62 bits per heavy atom. The summed E-state index contributed by atoms with van der Waals surface area (Å²) in [6.07, 6.45) is 0.802. The van der Waals surface area contributed by atoms with E-state index < -0.39 is 0 Å². The predicted molar refractivity (Wildman–Crippen MR) is 162 cm³/mol. The number of carbonyl (C=O) groups is 1. The average molecular weight is 540 g/mol. The molecule has 1 atom stereocenters. The Kier molecular flexibility index (Phi) is 8.24. The number of nitrogens with two attached hydrogens (primary N) is 1. The minimum atomic E-state index is -0.171. The van der Waals surface area contributed by atoms with E-state index in [0.717, 1.165) is 62.6 Å². The first-order valence-electron chi connectivity index (χ1n) is 14.2. The van der Waals surface area contributed by atoms with Crippen molar-refractivity contribution in [3.8, 4) is 0 Å². The quantitative estimate of drug-likeness (QED) is 0.273. The predicted octanol–water partition coefficient (Wildman–Crippen LogP) is 5.11. The topological polar surface area (TPSA) is 94.7 Å². The largest absolute Gasteiger partial charge is 0.398 e. The van der Waals surface area contributed by atoms with Crippen LogP contribution < -0.4 is 16.0 Å². The molecule has 0 bridgehead atoms. The van der Waals surface area contributed by atoms with Crippen molar-refractivity contribution in [3.05, 3.63) is 95.1 Å². The molecule has 2 aliphatic heterocycles. The number of hydrogen-bond acceptors (Lipinski definition) is 6. The molecule has 3 aromatic carbocycles. The highest BCUT2D eigenvalue weighted by Gasteiger charge is 2.29. The Morgan fingerprint density at radius 1 is 0.975 bits per heavy atom. The number of nitrogens with zero attached hydrogens (tertiary/aromatic N) is 2. The Bertz CT molecular complexity index is 1320. The fourth-order valence-corrected chi connectivity index (χ4v) is 5.48. The number of ether oxygens (including phenoxy) is 1. The van der Waals surface area contributed by atoms with Gasteiger partial charge in [-0.25, -0.2) is 0 Å². The zero-order chi connectivity index (χ0) is 28.3. The van der Waals surface area contributed by atoms with Crippen LogP contribution >= 0.6 is 0 Å². The highest BCUT2D eigenvalue weighted by atomic mass is 16.5. The molecular formula is C33H41N5O2. The monoisotopic (exact) mass is 539 g/mol. The molecule has 0 aromatic heterocycles. The maximum atomic E-state index is 13.4. The number of anilines is 2. The van der Waals surface area contributed by atoms with Gasteiger partial charge in [0.1, 0.15) is 0 Å². The molecule has 2 fully saturated rings. The molecule has 0 aliphatic carbocycles. The third-order valence-corrected chi connectivity index (χ3v) is 7.88. The summed E-state index contributed by atoms with van der Waals surface area (Å²) in [6, 6.07) is 23.8. The summed E-state index contributed by atoms with van der Waals surface area (Å²) in [5, 5.41) is 12.1. The van der Waals surface area contributed by atoms with Crippen molar-refractivity contribution in [3.63, 3.8) is 0 Å². The molecule has 7 nitrogen and oxygen atoms in total. The van der Waals surface area contributed by atoms with Crippen LogP contribution in [0.5, 0.6) is 0 Å². The van der Waals surface area contributed by atoms with Crippen LogP contribution in [0.25, 0.3) is 0 Å². The molecule has 2 aliphatic rings. The number of benzene rings is 3. The zero-order valence-electron chi connectivity index (χ0n) is 23.8. The van der Waals surface area contributed by atoms with Crippen molar-refractivity contribution in [2.45, 2.75) is 39.3 Å². The lowest BCUT2D eigenvalue weighted by Crippen LogP contribution is -2.56. The molecule has 7 heteroatoms. The van der Waals surface area contributed by atoms with Gasteiger partial charge in [-0.1, -0.05) is 63.2 Å². The molecule has 2 heterocycles. The van der Waals surface area contributed by atoms with E-state index in [1.807, 2.05) is 42.5 Å². The number of hydrogen-bond donors (Lipinski definition) is 3. The standard InChI is InChI=1S/C33H41N5O2/c1-33(2,3)20-30(23-7-5-4-6-8-23)36-32(39)25-11-14-29(34)28(19-25)31(35)24-9-12-26(13-10-24)37-15-17-38(18-16-37)27-21-40-22-27/h4-14,19,27,30,35H,15-18,20-22,34H2,1-3H3,(H,36,39)/t30-/m0/s1. The fraction of sp³-hybridized carbons (Fsp3) is 0.394. The molecule has 1 amide bonds. The number of amides is 1. The maximum absolute atomic E-state index is 13.4. The summed E-state index contributed by atoms with van der Waals surface area (Å²) in [5.41, 5.74) is 11.2.